The predicted molar refractivity (Wildman–Crippen MR) is 54.9 cm³/mol. The lowest BCUT2D eigenvalue weighted by Gasteiger charge is -2.07. The molecule has 0 aliphatic carbocycles. The quantitative estimate of drug-likeness (QED) is 0.418. The molecule has 1 heterocycles. The van der Waals surface area contributed by atoms with Crippen LogP contribution in [-0.2, 0) is 0 Å². The highest BCUT2D eigenvalue weighted by molar-refractivity contribution is 5.57. The molecule has 0 spiro atoms. The summed E-state index contributed by atoms with van der Waals surface area (Å²) < 4.78 is 4.96. The van der Waals surface area contributed by atoms with Gasteiger partial charge in [0.05, 0.1) is 17.6 Å². The topological polar surface area (TPSA) is 65.3 Å². The zero-order valence-electron chi connectivity index (χ0n) is 8.70. The van der Waals surface area contributed by atoms with Crippen LogP contribution in [0.15, 0.2) is 0 Å². The summed E-state index contributed by atoms with van der Waals surface area (Å²) in [6.45, 7) is 3.14. The van der Waals surface area contributed by atoms with E-state index in [1.165, 1.54) is 7.11 Å². The summed E-state index contributed by atoms with van der Waals surface area (Å²) >= 11 is 0. The normalized spacial score (nSPS) is 9.47. The number of aryl methyl sites for hydroxylation is 1. The minimum Gasteiger partial charge on any atom is -0.480 e. The Morgan fingerprint density at radius 1 is 1.53 bits per heavy atom. The van der Waals surface area contributed by atoms with E-state index < -0.39 is 4.92 Å². The number of hydrogen-bond donors (Lipinski definition) is 0. The number of nitro groups is 1. The van der Waals surface area contributed by atoms with E-state index >= 15 is 0 Å². The minimum atomic E-state index is -0.488. The van der Waals surface area contributed by atoms with Crippen molar-refractivity contribution < 1.29 is 9.66 Å². The lowest BCUT2D eigenvalue weighted by atomic mass is 10.1. The third-order valence-electron chi connectivity index (χ3n) is 2.08. The Bertz CT molecular complexity index is 461. The molecule has 1 aromatic rings. The summed E-state index contributed by atoms with van der Waals surface area (Å²) in [6.07, 6.45) is 5.25. The van der Waals surface area contributed by atoms with E-state index in [0.717, 1.165) is 0 Å². The van der Waals surface area contributed by atoms with Crippen molar-refractivity contribution in [3.8, 4) is 18.2 Å². The highest BCUT2D eigenvalue weighted by atomic mass is 16.6. The summed E-state index contributed by atoms with van der Waals surface area (Å²) in [5.41, 5.74) is 0.985. The maximum absolute atomic E-state index is 10.8. The monoisotopic (exact) mass is 206 g/mol. The van der Waals surface area contributed by atoms with Gasteiger partial charge in [-0.1, -0.05) is 5.92 Å². The molecular formula is C10H10N2O3. The molecule has 0 bridgehead atoms. The first-order valence-electron chi connectivity index (χ1n) is 4.19. The Hall–Kier alpha value is -2.09. The number of aromatic nitrogens is 1. The van der Waals surface area contributed by atoms with Crippen molar-refractivity contribution in [3.63, 3.8) is 0 Å². The second-order valence-corrected chi connectivity index (χ2v) is 2.96. The van der Waals surface area contributed by atoms with E-state index in [9.17, 15) is 10.1 Å². The molecule has 0 unspecified atom stereocenters. The van der Waals surface area contributed by atoms with Crippen LogP contribution < -0.4 is 4.74 Å². The van der Waals surface area contributed by atoms with Gasteiger partial charge in [0, 0.05) is 5.56 Å². The number of rotatable bonds is 2. The molecule has 1 rings (SSSR count). The van der Waals surface area contributed by atoms with Crippen LogP contribution >= 0.6 is 0 Å². The van der Waals surface area contributed by atoms with Gasteiger partial charge in [-0.05, 0) is 13.8 Å². The number of pyridine rings is 1. The molecule has 0 N–H and O–H groups in total. The molecule has 5 heteroatoms. The fraction of sp³-hybridized carbons (Fsp3) is 0.300. The first kappa shape index (κ1) is 11.0. The van der Waals surface area contributed by atoms with Crippen LogP contribution in [-0.4, -0.2) is 17.0 Å². The van der Waals surface area contributed by atoms with Gasteiger partial charge in [-0.3, -0.25) is 10.1 Å². The molecule has 5 nitrogen and oxygen atoms in total. The number of ether oxygens (including phenoxy) is 1. The summed E-state index contributed by atoms with van der Waals surface area (Å²) in [4.78, 5) is 14.2. The summed E-state index contributed by atoms with van der Waals surface area (Å²) in [5, 5.41) is 10.8. The van der Waals surface area contributed by atoms with Gasteiger partial charge in [0.15, 0.2) is 0 Å². The minimum absolute atomic E-state index is 0.0521. The van der Waals surface area contributed by atoms with E-state index in [1.807, 2.05) is 0 Å². The van der Waals surface area contributed by atoms with Crippen molar-refractivity contribution in [3.05, 3.63) is 26.9 Å². The fourth-order valence-corrected chi connectivity index (χ4v) is 1.40. The van der Waals surface area contributed by atoms with Gasteiger partial charge in [-0.2, -0.15) is 0 Å². The van der Waals surface area contributed by atoms with Crippen molar-refractivity contribution in [2.24, 2.45) is 0 Å². The zero-order chi connectivity index (χ0) is 11.6. The van der Waals surface area contributed by atoms with Crippen molar-refractivity contribution in [1.29, 1.82) is 0 Å². The number of methoxy groups -OCH3 is 1. The van der Waals surface area contributed by atoms with Gasteiger partial charge in [-0.25, -0.2) is 4.98 Å². The first-order chi connectivity index (χ1) is 7.02. The van der Waals surface area contributed by atoms with Crippen LogP contribution in [0, 0.1) is 36.3 Å². The summed E-state index contributed by atoms with van der Waals surface area (Å²) in [6, 6.07) is 0. The SMILES string of the molecule is C#Cc1c(OC)nc(C)c([N+](=O)[O-])c1C. The second kappa shape index (κ2) is 3.96. The third-order valence-corrected chi connectivity index (χ3v) is 2.08. The molecule has 0 aromatic carbocycles. The van der Waals surface area contributed by atoms with E-state index in [1.54, 1.807) is 13.8 Å². The van der Waals surface area contributed by atoms with E-state index in [4.69, 9.17) is 11.2 Å². The maximum atomic E-state index is 10.8. The van der Waals surface area contributed by atoms with Crippen LogP contribution in [0.2, 0.25) is 0 Å². The predicted octanol–water partition coefficient (Wildman–Crippen LogP) is 1.60. The highest BCUT2D eigenvalue weighted by Gasteiger charge is 2.22. The Balaban J connectivity index is 3.61. The average molecular weight is 206 g/mol. The van der Waals surface area contributed by atoms with Crippen LogP contribution in [0.1, 0.15) is 16.8 Å². The molecule has 0 aliphatic rings. The molecule has 0 saturated carbocycles. The summed E-state index contributed by atoms with van der Waals surface area (Å²) in [5.74, 6) is 2.59. The van der Waals surface area contributed by atoms with Gasteiger partial charge in [0.2, 0.25) is 5.88 Å². The molecular weight excluding hydrogens is 196 g/mol. The van der Waals surface area contributed by atoms with E-state index in [0.29, 0.717) is 16.8 Å². The van der Waals surface area contributed by atoms with Crippen molar-refractivity contribution in [1.82, 2.24) is 4.98 Å². The Labute approximate surface area is 87.2 Å². The molecule has 0 fully saturated rings. The van der Waals surface area contributed by atoms with Crippen molar-refractivity contribution in [2.75, 3.05) is 7.11 Å². The molecule has 78 valence electrons. The van der Waals surface area contributed by atoms with Crippen LogP contribution in [0.5, 0.6) is 5.88 Å². The largest absolute Gasteiger partial charge is 0.480 e. The van der Waals surface area contributed by atoms with E-state index in [2.05, 4.69) is 10.9 Å². The molecule has 1 aromatic heterocycles. The maximum Gasteiger partial charge on any atom is 0.294 e. The average Bonchev–Trinajstić information content (AvgIpc) is 2.16. The van der Waals surface area contributed by atoms with Crippen LogP contribution in [0.4, 0.5) is 5.69 Å². The molecule has 0 atom stereocenters. The Morgan fingerprint density at radius 3 is 2.53 bits per heavy atom. The molecule has 15 heavy (non-hydrogen) atoms. The van der Waals surface area contributed by atoms with Crippen molar-refractivity contribution in [2.45, 2.75) is 13.8 Å². The lowest BCUT2D eigenvalue weighted by Crippen LogP contribution is -2.03. The zero-order valence-corrected chi connectivity index (χ0v) is 8.70. The standard InChI is InChI=1S/C10H10N2O3/c1-5-8-6(2)9(12(13)14)7(3)11-10(8)15-4/h1H,2-4H3. The molecule has 0 saturated heterocycles. The second-order valence-electron chi connectivity index (χ2n) is 2.96. The molecule has 0 amide bonds. The summed E-state index contributed by atoms with van der Waals surface area (Å²) in [7, 11) is 1.42. The Morgan fingerprint density at radius 2 is 2.13 bits per heavy atom. The van der Waals surface area contributed by atoms with Gasteiger partial charge in [0.1, 0.15) is 5.69 Å². The highest BCUT2D eigenvalue weighted by Crippen LogP contribution is 2.29. The Kier molecular flexibility index (Phi) is 2.90. The smallest absolute Gasteiger partial charge is 0.294 e. The van der Waals surface area contributed by atoms with Gasteiger partial charge < -0.3 is 4.74 Å². The first-order valence-corrected chi connectivity index (χ1v) is 4.19. The van der Waals surface area contributed by atoms with Gasteiger partial charge >= 0.3 is 0 Å². The molecule has 0 aliphatic heterocycles. The van der Waals surface area contributed by atoms with Crippen LogP contribution in [0.25, 0.3) is 0 Å². The number of nitrogens with zero attached hydrogens (tertiary/aromatic N) is 2. The number of terminal acetylenes is 1. The van der Waals surface area contributed by atoms with Crippen LogP contribution in [0.3, 0.4) is 0 Å². The van der Waals surface area contributed by atoms with E-state index in [-0.39, 0.29) is 11.6 Å². The van der Waals surface area contributed by atoms with Gasteiger partial charge in [-0.15, -0.1) is 6.42 Å². The van der Waals surface area contributed by atoms with Crippen molar-refractivity contribution >= 4 is 5.69 Å². The van der Waals surface area contributed by atoms with Gasteiger partial charge in [0.25, 0.3) is 5.69 Å². The number of hydrogen-bond acceptors (Lipinski definition) is 4. The third kappa shape index (κ3) is 1.74. The fourth-order valence-electron chi connectivity index (χ4n) is 1.40. The lowest BCUT2D eigenvalue weighted by molar-refractivity contribution is -0.386. The molecule has 0 radical (unpaired) electrons.